The molecule has 1 atom stereocenters. The largest absolute Gasteiger partial charge is 0.382 e. The molecular weight excluding hydrogens is 210 g/mol. The molecule has 1 amide bonds. The Labute approximate surface area is 95.6 Å². The van der Waals surface area contributed by atoms with Gasteiger partial charge in [-0.1, -0.05) is 0 Å². The molecule has 0 saturated carbocycles. The zero-order valence-electron chi connectivity index (χ0n) is 10.2. The third-order valence-corrected chi connectivity index (χ3v) is 1.94. The summed E-state index contributed by atoms with van der Waals surface area (Å²) in [4.78, 5) is 15.3. The molecule has 0 aromatic carbocycles. The van der Waals surface area contributed by atoms with Crippen LogP contribution < -0.4 is 22.3 Å². The second kappa shape index (κ2) is 6.29. The van der Waals surface area contributed by atoms with Gasteiger partial charge in [-0.2, -0.15) is 0 Å². The molecule has 0 aliphatic rings. The number of hydrogen-bond donors (Lipinski definition) is 4. The fourth-order valence-electron chi connectivity index (χ4n) is 0.962. The second-order valence-corrected chi connectivity index (χ2v) is 4.04. The number of methoxy groups -OCH3 is 1. The van der Waals surface area contributed by atoms with Gasteiger partial charge in [0.05, 0.1) is 12.6 Å². The summed E-state index contributed by atoms with van der Waals surface area (Å²) in [7, 11) is 1.59. The van der Waals surface area contributed by atoms with Gasteiger partial charge in [-0.25, -0.2) is 10.8 Å². The number of carbonyl (C=O) groups excluding carboxylic acids is 1. The highest BCUT2D eigenvalue weighted by Crippen LogP contribution is 2.00. The second-order valence-electron chi connectivity index (χ2n) is 4.04. The minimum Gasteiger partial charge on any atom is -0.382 e. The van der Waals surface area contributed by atoms with Gasteiger partial charge in [0.25, 0.3) is 0 Å². The minimum atomic E-state index is -0.919. The Morgan fingerprint density at radius 1 is 1.56 bits per heavy atom. The monoisotopic (exact) mass is 231 g/mol. The van der Waals surface area contributed by atoms with Gasteiger partial charge in [-0.05, 0) is 20.8 Å². The standard InChI is InChI=1S/C9H21N5O2/c1-6(5-16-4)12-8(14-11)13-9(2,3)7(10)15/h6H,5,11H2,1-4H3,(H2,10,15)(H2,12,13,14). The average molecular weight is 231 g/mol. The molecule has 0 radical (unpaired) electrons. The molecule has 0 aromatic heterocycles. The summed E-state index contributed by atoms with van der Waals surface area (Å²) < 4.78 is 4.93. The van der Waals surface area contributed by atoms with Crippen molar-refractivity contribution in [2.45, 2.75) is 32.4 Å². The summed E-state index contributed by atoms with van der Waals surface area (Å²) in [5.74, 6) is 5.10. The van der Waals surface area contributed by atoms with Crippen LogP contribution in [-0.2, 0) is 9.53 Å². The number of amides is 1. The molecule has 6 N–H and O–H groups in total. The molecule has 1 unspecified atom stereocenters. The summed E-state index contributed by atoms with van der Waals surface area (Å²) in [6.45, 7) is 5.61. The van der Waals surface area contributed by atoms with Gasteiger partial charge in [0.1, 0.15) is 5.54 Å². The highest BCUT2D eigenvalue weighted by Gasteiger charge is 2.25. The number of rotatable bonds is 5. The molecular formula is C9H21N5O2. The summed E-state index contributed by atoms with van der Waals surface area (Å²) in [6, 6.07) is -0.0766. The van der Waals surface area contributed by atoms with Crippen molar-refractivity contribution in [1.29, 1.82) is 0 Å². The number of hydrazine groups is 1. The molecule has 7 nitrogen and oxygen atoms in total. The van der Waals surface area contributed by atoms with E-state index in [1.807, 2.05) is 6.92 Å². The third-order valence-electron chi connectivity index (χ3n) is 1.94. The molecule has 16 heavy (non-hydrogen) atoms. The van der Waals surface area contributed by atoms with E-state index in [-0.39, 0.29) is 6.04 Å². The lowest BCUT2D eigenvalue weighted by Crippen LogP contribution is -2.57. The first-order chi connectivity index (χ1) is 7.33. The topological polar surface area (TPSA) is 115 Å². The Balaban J connectivity index is 4.57. The molecule has 0 aliphatic carbocycles. The van der Waals surface area contributed by atoms with E-state index in [0.29, 0.717) is 12.6 Å². The maximum absolute atomic E-state index is 11.1. The molecule has 7 heteroatoms. The van der Waals surface area contributed by atoms with E-state index in [1.54, 1.807) is 21.0 Å². The van der Waals surface area contributed by atoms with E-state index < -0.39 is 11.4 Å². The zero-order valence-corrected chi connectivity index (χ0v) is 10.2. The Morgan fingerprint density at radius 2 is 2.12 bits per heavy atom. The Bertz CT molecular complexity index is 265. The Kier molecular flexibility index (Phi) is 5.76. The number of nitrogens with two attached hydrogens (primary N) is 2. The van der Waals surface area contributed by atoms with Crippen LogP contribution in [0, 0.1) is 0 Å². The van der Waals surface area contributed by atoms with Crippen molar-refractivity contribution in [3.05, 3.63) is 0 Å². The lowest BCUT2D eigenvalue weighted by molar-refractivity contribution is -0.122. The molecule has 0 saturated heterocycles. The van der Waals surface area contributed by atoms with Crippen molar-refractivity contribution in [3.63, 3.8) is 0 Å². The fraction of sp³-hybridized carbons (Fsp3) is 0.778. The van der Waals surface area contributed by atoms with Crippen LogP contribution >= 0.6 is 0 Å². The van der Waals surface area contributed by atoms with Gasteiger partial charge in [-0.3, -0.25) is 10.2 Å². The van der Waals surface area contributed by atoms with Crippen molar-refractivity contribution in [2.24, 2.45) is 16.6 Å². The van der Waals surface area contributed by atoms with Crippen molar-refractivity contribution < 1.29 is 9.53 Å². The van der Waals surface area contributed by atoms with E-state index >= 15 is 0 Å². The van der Waals surface area contributed by atoms with Gasteiger partial charge in [0.15, 0.2) is 0 Å². The zero-order chi connectivity index (χ0) is 12.8. The Morgan fingerprint density at radius 3 is 2.50 bits per heavy atom. The van der Waals surface area contributed by atoms with Gasteiger partial charge < -0.3 is 15.8 Å². The quantitative estimate of drug-likeness (QED) is 0.203. The highest BCUT2D eigenvalue weighted by molar-refractivity contribution is 5.90. The first-order valence-electron chi connectivity index (χ1n) is 4.95. The summed E-state index contributed by atoms with van der Waals surface area (Å²) in [6.07, 6.45) is 0. The molecule has 0 bridgehead atoms. The summed E-state index contributed by atoms with van der Waals surface area (Å²) in [5.41, 5.74) is 6.67. The van der Waals surface area contributed by atoms with E-state index in [1.165, 1.54) is 0 Å². The molecule has 94 valence electrons. The first-order valence-corrected chi connectivity index (χ1v) is 4.95. The normalized spacial score (nSPS) is 14.4. The van der Waals surface area contributed by atoms with Crippen LogP contribution in [-0.4, -0.2) is 37.2 Å². The molecule has 0 spiro atoms. The number of primary amides is 1. The number of nitrogens with zero attached hydrogens (tertiary/aromatic N) is 1. The highest BCUT2D eigenvalue weighted by atomic mass is 16.5. The Hall–Kier alpha value is -1.34. The number of nitrogens with one attached hydrogen (secondary N) is 2. The third kappa shape index (κ3) is 4.94. The van der Waals surface area contributed by atoms with E-state index in [2.05, 4.69) is 15.7 Å². The maximum Gasteiger partial charge on any atom is 0.242 e. The van der Waals surface area contributed by atoms with E-state index in [4.69, 9.17) is 16.3 Å². The van der Waals surface area contributed by atoms with E-state index in [0.717, 1.165) is 0 Å². The van der Waals surface area contributed by atoms with Crippen LogP contribution in [0.15, 0.2) is 4.99 Å². The molecule has 0 rings (SSSR count). The van der Waals surface area contributed by atoms with Gasteiger partial charge in [0.2, 0.25) is 11.9 Å². The van der Waals surface area contributed by atoms with Crippen molar-refractivity contribution in [3.8, 4) is 0 Å². The van der Waals surface area contributed by atoms with Crippen LogP contribution in [0.4, 0.5) is 0 Å². The minimum absolute atomic E-state index is 0.0766. The molecule has 0 heterocycles. The van der Waals surface area contributed by atoms with Crippen LogP contribution in [0.2, 0.25) is 0 Å². The number of ether oxygens (including phenoxy) is 1. The van der Waals surface area contributed by atoms with Crippen molar-refractivity contribution in [1.82, 2.24) is 10.7 Å². The SMILES string of the molecule is COCC(C)N=C(NN)NC(C)(C)C(N)=O. The van der Waals surface area contributed by atoms with Gasteiger partial charge >= 0.3 is 0 Å². The number of aliphatic imine (C=N–C) groups is 1. The number of hydrogen-bond acceptors (Lipinski definition) is 4. The van der Waals surface area contributed by atoms with Crippen LogP contribution in [0.5, 0.6) is 0 Å². The van der Waals surface area contributed by atoms with Gasteiger partial charge in [0, 0.05) is 7.11 Å². The van der Waals surface area contributed by atoms with E-state index in [9.17, 15) is 4.79 Å². The smallest absolute Gasteiger partial charge is 0.242 e. The molecule has 0 aromatic rings. The molecule has 0 aliphatic heterocycles. The lowest BCUT2D eigenvalue weighted by atomic mass is 10.1. The number of guanidine groups is 1. The fourth-order valence-corrected chi connectivity index (χ4v) is 0.962. The van der Waals surface area contributed by atoms with Crippen LogP contribution in [0.25, 0.3) is 0 Å². The average Bonchev–Trinajstić information content (AvgIpc) is 2.16. The number of carbonyl (C=O) groups is 1. The molecule has 0 fully saturated rings. The first kappa shape index (κ1) is 14.7. The maximum atomic E-state index is 11.1. The predicted molar refractivity (Wildman–Crippen MR) is 62.5 cm³/mol. The summed E-state index contributed by atoms with van der Waals surface area (Å²) >= 11 is 0. The predicted octanol–water partition coefficient (Wildman–Crippen LogP) is -1.31. The van der Waals surface area contributed by atoms with Crippen molar-refractivity contribution in [2.75, 3.05) is 13.7 Å². The van der Waals surface area contributed by atoms with Gasteiger partial charge in [-0.15, -0.1) is 0 Å². The van der Waals surface area contributed by atoms with Crippen LogP contribution in [0.3, 0.4) is 0 Å². The van der Waals surface area contributed by atoms with Crippen molar-refractivity contribution >= 4 is 11.9 Å². The summed E-state index contributed by atoms with van der Waals surface area (Å²) in [5, 5.41) is 2.82. The van der Waals surface area contributed by atoms with Crippen LogP contribution in [0.1, 0.15) is 20.8 Å². The lowest BCUT2D eigenvalue weighted by Gasteiger charge is -2.24.